The van der Waals surface area contributed by atoms with Crippen LogP contribution in [0.3, 0.4) is 0 Å². The molecule has 1 unspecified atom stereocenters. The molecule has 0 aliphatic carbocycles. The minimum absolute atomic E-state index is 0.0490. The molecule has 26 heavy (non-hydrogen) atoms. The van der Waals surface area contributed by atoms with Crippen LogP contribution in [-0.4, -0.2) is 25.0 Å². The number of para-hydroxylation sites is 1. The van der Waals surface area contributed by atoms with E-state index in [0.717, 1.165) is 0 Å². The van der Waals surface area contributed by atoms with Crippen LogP contribution < -0.4 is 20.3 Å². The van der Waals surface area contributed by atoms with Gasteiger partial charge >= 0.3 is 0 Å². The number of halogens is 2. The van der Waals surface area contributed by atoms with Crippen LogP contribution in [0.4, 0.5) is 4.39 Å². The van der Waals surface area contributed by atoms with Crippen molar-refractivity contribution in [3.8, 4) is 11.5 Å². The lowest BCUT2D eigenvalue weighted by molar-refractivity contribution is -0.132. The summed E-state index contributed by atoms with van der Waals surface area (Å²) < 4.78 is 23.9. The molecule has 2 aromatic carbocycles. The van der Waals surface area contributed by atoms with Gasteiger partial charge in [-0.25, -0.2) is 4.39 Å². The third-order valence-corrected chi connectivity index (χ3v) is 3.66. The van der Waals surface area contributed by atoms with Crippen LogP contribution in [0.2, 0.25) is 5.02 Å². The number of nitrogens with one attached hydrogen (secondary N) is 2. The lowest BCUT2D eigenvalue weighted by Gasteiger charge is -2.15. The standard InChI is InChI=1S/C18H18ClFN2O4/c1-11(26-16-6-4-3-5-14(16)20)18(24)22-21-17(23)10-12-9-13(19)7-8-15(12)25-2/h3-9,11H,10H2,1-2H3,(H,21,23)(H,22,24). The molecule has 0 radical (unpaired) electrons. The second-order valence-electron chi connectivity index (χ2n) is 5.36. The highest BCUT2D eigenvalue weighted by atomic mass is 35.5. The van der Waals surface area contributed by atoms with Gasteiger partial charge in [-0.15, -0.1) is 0 Å². The van der Waals surface area contributed by atoms with Crippen LogP contribution in [0.15, 0.2) is 42.5 Å². The van der Waals surface area contributed by atoms with Gasteiger partial charge in [0, 0.05) is 10.6 Å². The minimum Gasteiger partial charge on any atom is -0.496 e. The van der Waals surface area contributed by atoms with Crippen LogP contribution in [0.25, 0.3) is 0 Å². The second-order valence-corrected chi connectivity index (χ2v) is 5.80. The van der Waals surface area contributed by atoms with Gasteiger partial charge in [0.05, 0.1) is 13.5 Å². The Hall–Kier alpha value is -2.80. The molecule has 0 heterocycles. The van der Waals surface area contributed by atoms with Crippen molar-refractivity contribution in [2.45, 2.75) is 19.4 Å². The zero-order valence-corrected chi connectivity index (χ0v) is 15.0. The van der Waals surface area contributed by atoms with Gasteiger partial charge in [-0.1, -0.05) is 23.7 Å². The summed E-state index contributed by atoms with van der Waals surface area (Å²) in [4.78, 5) is 24.0. The van der Waals surface area contributed by atoms with Gasteiger partial charge in [-0.2, -0.15) is 0 Å². The number of amides is 2. The van der Waals surface area contributed by atoms with E-state index in [1.165, 1.54) is 32.2 Å². The first kappa shape index (κ1) is 19.5. The van der Waals surface area contributed by atoms with Gasteiger partial charge in [0.2, 0.25) is 5.91 Å². The number of carbonyl (C=O) groups is 2. The van der Waals surface area contributed by atoms with Crippen molar-refractivity contribution in [3.63, 3.8) is 0 Å². The zero-order chi connectivity index (χ0) is 19.1. The van der Waals surface area contributed by atoms with E-state index in [1.807, 2.05) is 0 Å². The predicted molar refractivity (Wildman–Crippen MR) is 94.5 cm³/mol. The summed E-state index contributed by atoms with van der Waals surface area (Å²) in [5.74, 6) is -1.22. The molecule has 2 N–H and O–H groups in total. The van der Waals surface area contributed by atoms with E-state index in [1.54, 1.807) is 24.3 Å². The van der Waals surface area contributed by atoms with Gasteiger partial charge in [0.25, 0.3) is 5.91 Å². The van der Waals surface area contributed by atoms with E-state index in [-0.39, 0.29) is 12.2 Å². The molecule has 0 aliphatic rings. The number of methoxy groups -OCH3 is 1. The third-order valence-electron chi connectivity index (χ3n) is 3.43. The molecule has 6 nitrogen and oxygen atoms in total. The monoisotopic (exact) mass is 380 g/mol. The maximum atomic E-state index is 13.5. The number of hydrazine groups is 1. The average molecular weight is 381 g/mol. The van der Waals surface area contributed by atoms with E-state index >= 15 is 0 Å². The smallest absolute Gasteiger partial charge is 0.279 e. The van der Waals surface area contributed by atoms with Crippen LogP contribution >= 0.6 is 11.6 Å². The Kier molecular flexibility index (Phi) is 6.80. The lowest BCUT2D eigenvalue weighted by Crippen LogP contribution is -2.47. The predicted octanol–water partition coefficient (Wildman–Crippen LogP) is 2.65. The Morgan fingerprint density at radius 1 is 1.15 bits per heavy atom. The van der Waals surface area contributed by atoms with E-state index < -0.39 is 23.7 Å². The summed E-state index contributed by atoms with van der Waals surface area (Å²) in [5.41, 5.74) is 5.08. The topological polar surface area (TPSA) is 76.7 Å². The third kappa shape index (κ3) is 5.35. The molecule has 0 saturated carbocycles. The van der Waals surface area contributed by atoms with Crippen molar-refractivity contribution in [2.24, 2.45) is 0 Å². The second kappa shape index (κ2) is 9.05. The van der Waals surface area contributed by atoms with Crippen molar-refractivity contribution < 1.29 is 23.5 Å². The number of carbonyl (C=O) groups excluding carboxylic acids is 2. The molecule has 0 bridgehead atoms. The first-order valence-corrected chi connectivity index (χ1v) is 8.10. The highest BCUT2D eigenvalue weighted by molar-refractivity contribution is 6.30. The molecule has 0 saturated heterocycles. The molecular weight excluding hydrogens is 363 g/mol. The van der Waals surface area contributed by atoms with Crippen LogP contribution in [0.1, 0.15) is 12.5 Å². The fourth-order valence-electron chi connectivity index (χ4n) is 2.12. The fraction of sp³-hybridized carbons (Fsp3) is 0.222. The number of benzene rings is 2. The SMILES string of the molecule is COc1ccc(Cl)cc1CC(=O)NNC(=O)C(C)Oc1ccccc1F. The van der Waals surface area contributed by atoms with Crippen molar-refractivity contribution >= 4 is 23.4 Å². The summed E-state index contributed by atoms with van der Waals surface area (Å²) in [7, 11) is 1.48. The summed E-state index contributed by atoms with van der Waals surface area (Å²) >= 11 is 5.91. The van der Waals surface area contributed by atoms with Crippen molar-refractivity contribution in [1.29, 1.82) is 0 Å². The lowest BCUT2D eigenvalue weighted by atomic mass is 10.1. The number of hydrogen-bond acceptors (Lipinski definition) is 4. The first-order chi connectivity index (χ1) is 12.4. The highest BCUT2D eigenvalue weighted by Gasteiger charge is 2.17. The summed E-state index contributed by atoms with van der Waals surface area (Å²) in [6.07, 6.45) is -1.06. The Bertz CT molecular complexity index is 801. The first-order valence-electron chi connectivity index (χ1n) is 7.73. The van der Waals surface area contributed by atoms with Gasteiger partial charge in [0.1, 0.15) is 5.75 Å². The normalized spacial score (nSPS) is 11.4. The summed E-state index contributed by atoms with van der Waals surface area (Å²) in [6, 6.07) is 10.6. The molecule has 8 heteroatoms. The summed E-state index contributed by atoms with van der Waals surface area (Å²) in [6.45, 7) is 1.44. The largest absolute Gasteiger partial charge is 0.496 e. The number of rotatable bonds is 6. The van der Waals surface area contributed by atoms with Crippen molar-refractivity contribution in [2.75, 3.05) is 7.11 Å². The molecule has 2 amide bonds. The molecule has 0 spiro atoms. The van der Waals surface area contributed by atoms with Crippen LogP contribution in [0.5, 0.6) is 11.5 Å². The molecule has 2 aromatic rings. The Balaban J connectivity index is 1.88. The fourth-order valence-corrected chi connectivity index (χ4v) is 2.31. The Morgan fingerprint density at radius 2 is 1.88 bits per heavy atom. The van der Waals surface area contributed by atoms with Gasteiger partial charge in [-0.05, 0) is 37.3 Å². The average Bonchev–Trinajstić information content (AvgIpc) is 2.61. The van der Waals surface area contributed by atoms with Gasteiger partial charge < -0.3 is 9.47 Å². The zero-order valence-electron chi connectivity index (χ0n) is 14.2. The summed E-state index contributed by atoms with van der Waals surface area (Å²) in [5, 5.41) is 0.463. The molecule has 1 atom stereocenters. The van der Waals surface area contributed by atoms with Crippen molar-refractivity contribution in [1.82, 2.24) is 10.9 Å². The number of hydrogen-bond donors (Lipinski definition) is 2. The maximum absolute atomic E-state index is 13.5. The van der Waals surface area contributed by atoms with Crippen LogP contribution in [-0.2, 0) is 16.0 Å². The molecule has 138 valence electrons. The van der Waals surface area contributed by atoms with Crippen molar-refractivity contribution in [3.05, 3.63) is 58.9 Å². The quantitative estimate of drug-likeness (QED) is 0.755. The van der Waals surface area contributed by atoms with Crippen LogP contribution in [0, 0.1) is 5.82 Å². The molecule has 0 aromatic heterocycles. The Morgan fingerprint density at radius 3 is 2.58 bits per heavy atom. The molecule has 2 rings (SSSR count). The molecular formula is C18H18ClFN2O4. The molecule has 0 fully saturated rings. The molecule has 0 aliphatic heterocycles. The van der Waals surface area contributed by atoms with Gasteiger partial charge in [-0.3, -0.25) is 20.4 Å². The van der Waals surface area contributed by atoms with E-state index in [2.05, 4.69) is 10.9 Å². The number of ether oxygens (including phenoxy) is 2. The van der Waals surface area contributed by atoms with E-state index in [9.17, 15) is 14.0 Å². The Labute approximate surface area is 155 Å². The maximum Gasteiger partial charge on any atom is 0.279 e. The highest BCUT2D eigenvalue weighted by Crippen LogP contribution is 2.23. The van der Waals surface area contributed by atoms with E-state index in [4.69, 9.17) is 21.1 Å². The van der Waals surface area contributed by atoms with Gasteiger partial charge in [0.15, 0.2) is 17.7 Å². The van der Waals surface area contributed by atoms with E-state index in [0.29, 0.717) is 16.3 Å². The minimum atomic E-state index is -1.01.